The van der Waals surface area contributed by atoms with Gasteiger partial charge < -0.3 is 19.7 Å². The molecule has 7 nitrogen and oxygen atoms in total. The smallest absolute Gasteiger partial charge is 0.260 e. The van der Waals surface area contributed by atoms with Gasteiger partial charge in [0.15, 0.2) is 5.11 Å². The molecule has 0 radical (unpaired) electrons. The molecule has 0 aliphatic rings. The molecule has 4 rings (SSSR count). The first-order valence-corrected chi connectivity index (χ1v) is 12.9. The fourth-order valence-electron chi connectivity index (χ4n) is 3.84. The minimum atomic E-state index is -0.380. The maximum Gasteiger partial charge on any atom is 0.260 e. The number of benzene rings is 4. The second kappa shape index (κ2) is 13.7. The van der Waals surface area contributed by atoms with E-state index in [1.165, 1.54) is 0 Å². The van der Waals surface area contributed by atoms with Crippen LogP contribution in [0.15, 0.2) is 109 Å². The number of para-hydroxylation sites is 3. The van der Waals surface area contributed by atoms with E-state index in [-0.39, 0.29) is 16.9 Å². The first-order valence-electron chi connectivity index (χ1n) is 12.5. The van der Waals surface area contributed by atoms with Gasteiger partial charge in [-0.05, 0) is 79.8 Å². The van der Waals surface area contributed by atoms with E-state index in [2.05, 4.69) is 10.6 Å². The summed E-state index contributed by atoms with van der Waals surface area (Å²) in [6.07, 6.45) is 0. The van der Waals surface area contributed by atoms with Crippen LogP contribution in [-0.4, -0.2) is 36.7 Å². The van der Waals surface area contributed by atoms with E-state index in [4.69, 9.17) is 21.7 Å². The maximum absolute atomic E-state index is 13.4. The summed E-state index contributed by atoms with van der Waals surface area (Å²) in [4.78, 5) is 27.8. The van der Waals surface area contributed by atoms with Crippen LogP contribution in [0.3, 0.4) is 0 Å². The van der Waals surface area contributed by atoms with Crippen LogP contribution in [0.2, 0.25) is 0 Å². The summed E-state index contributed by atoms with van der Waals surface area (Å²) in [6.45, 7) is 3.18. The number of hydrogen-bond donors (Lipinski definition) is 2. The van der Waals surface area contributed by atoms with Crippen molar-refractivity contribution in [2.75, 3.05) is 30.0 Å². The number of ether oxygens (including phenoxy) is 2. The molecule has 4 aromatic carbocycles. The number of anilines is 2. The predicted octanol–water partition coefficient (Wildman–Crippen LogP) is 5.94. The Morgan fingerprint density at radius 2 is 1.31 bits per heavy atom. The lowest BCUT2D eigenvalue weighted by molar-refractivity contribution is 0.0974. The number of carbonyl (C=O) groups excluding carboxylic acids is 2. The first kappa shape index (κ1) is 27.3. The van der Waals surface area contributed by atoms with Crippen molar-refractivity contribution >= 4 is 40.5 Å². The van der Waals surface area contributed by atoms with Crippen molar-refractivity contribution in [2.24, 2.45) is 0 Å². The highest BCUT2D eigenvalue weighted by atomic mass is 32.1. The van der Waals surface area contributed by atoms with Gasteiger partial charge in [0.2, 0.25) is 0 Å². The Kier molecular flexibility index (Phi) is 9.63. The van der Waals surface area contributed by atoms with Crippen LogP contribution >= 0.6 is 12.2 Å². The third kappa shape index (κ3) is 7.66. The van der Waals surface area contributed by atoms with Crippen LogP contribution in [0.1, 0.15) is 27.6 Å². The number of thiocarbonyl (C=S) groups is 1. The molecule has 0 saturated heterocycles. The summed E-state index contributed by atoms with van der Waals surface area (Å²) in [7, 11) is 0. The van der Waals surface area contributed by atoms with E-state index >= 15 is 0 Å². The van der Waals surface area contributed by atoms with Crippen molar-refractivity contribution in [3.63, 3.8) is 0 Å². The molecule has 198 valence electrons. The number of hydrogen-bond acceptors (Lipinski definition) is 5. The predicted molar refractivity (Wildman–Crippen MR) is 158 cm³/mol. The van der Waals surface area contributed by atoms with Crippen molar-refractivity contribution in [3.8, 4) is 11.5 Å². The molecule has 2 amide bonds. The van der Waals surface area contributed by atoms with Crippen molar-refractivity contribution in [1.29, 1.82) is 0 Å². The highest BCUT2D eigenvalue weighted by Crippen LogP contribution is 2.22. The second-order valence-corrected chi connectivity index (χ2v) is 8.78. The number of amides is 2. The van der Waals surface area contributed by atoms with Gasteiger partial charge in [0, 0.05) is 17.8 Å². The van der Waals surface area contributed by atoms with Gasteiger partial charge in [0.05, 0.1) is 11.3 Å². The SMILES string of the molecule is CCN(C(=O)c1ccccc1NC(=S)NC(=O)c1ccc(OCCOc2ccccc2)cc1)c1ccccc1. The van der Waals surface area contributed by atoms with Gasteiger partial charge in [0.1, 0.15) is 24.7 Å². The Morgan fingerprint density at radius 1 is 0.744 bits per heavy atom. The van der Waals surface area contributed by atoms with Crippen LogP contribution < -0.4 is 25.0 Å². The molecule has 0 aliphatic carbocycles. The molecule has 39 heavy (non-hydrogen) atoms. The van der Waals surface area contributed by atoms with E-state index in [9.17, 15) is 9.59 Å². The highest BCUT2D eigenvalue weighted by Gasteiger charge is 2.20. The van der Waals surface area contributed by atoms with E-state index in [0.717, 1.165) is 11.4 Å². The Hall–Kier alpha value is -4.69. The van der Waals surface area contributed by atoms with E-state index in [0.29, 0.717) is 42.3 Å². The molecular weight excluding hydrogens is 510 g/mol. The van der Waals surface area contributed by atoms with E-state index in [1.54, 1.807) is 53.4 Å². The fourth-order valence-corrected chi connectivity index (χ4v) is 4.05. The van der Waals surface area contributed by atoms with Gasteiger partial charge in [-0.2, -0.15) is 0 Å². The number of rotatable bonds is 10. The van der Waals surface area contributed by atoms with Gasteiger partial charge in [-0.25, -0.2) is 0 Å². The lowest BCUT2D eigenvalue weighted by Crippen LogP contribution is -2.35. The molecule has 0 aromatic heterocycles. The molecule has 0 bridgehead atoms. The van der Waals surface area contributed by atoms with Crippen LogP contribution in [0, 0.1) is 0 Å². The lowest BCUT2D eigenvalue weighted by atomic mass is 10.1. The molecule has 4 aromatic rings. The Labute approximate surface area is 233 Å². The normalized spacial score (nSPS) is 10.3. The Bertz CT molecular complexity index is 1400. The van der Waals surface area contributed by atoms with Crippen molar-refractivity contribution < 1.29 is 19.1 Å². The monoisotopic (exact) mass is 539 g/mol. The van der Waals surface area contributed by atoms with Gasteiger partial charge >= 0.3 is 0 Å². The maximum atomic E-state index is 13.4. The zero-order valence-corrected chi connectivity index (χ0v) is 22.3. The summed E-state index contributed by atoms with van der Waals surface area (Å²) in [5.74, 6) is 0.847. The number of carbonyl (C=O) groups is 2. The molecule has 2 N–H and O–H groups in total. The quantitative estimate of drug-likeness (QED) is 0.192. The van der Waals surface area contributed by atoms with Crippen LogP contribution in [0.4, 0.5) is 11.4 Å². The highest BCUT2D eigenvalue weighted by molar-refractivity contribution is 7.80. The van der Waals surface area contributed by atoms with E-state index in [1.807, 2.05) is 67.6 Å². The molecule has 0 aliphatic heterocycles. The minimum Gasteiger partial charge on any atom is -0.490 e. The summed E-state index contributed by atoms with van der Waals surface area (Å²) in [6, 6.07) is 32.8. The lowest BCUT2D eigenvalue weighted by Gasteiger charge is -2.23. The molecule has 8 heteroatoms. The zero-order valence-electron chi connectivity index (χ0n) is 21.5. The van der Waals surface area contributed by atoms with Crippen LogP contribution in [0.5, 0.6) is 11.5 Å². The van der Waals surface area contributed by atoms with Gasteiger partial charge in [-0.1, -0.05) is 48.5 Å². The van der Waals surface area contributed by atoms with Crippen molar-refractivity contribution in [2.45, 2.75) is 6.92 Å². The number of nitrogens with one attached hydrogen (secondary N) is 2. The summed E-state index contributed by atoms with van der Waals surface area (Å²) >= 11 is 5.38. The average Bonchev–Trinajstić information content (AvgIpc) is 2.97. The van der Waals surface area contributed by atoms with Crippen molar-refractivity contribution in [3.05, 3.63) is 120 Å². The molecule has 0 fully saturated rings. The Balaban J connectivity index is 1.31. The van der Waals surface area contributed by atoms with Gasteiger partial charge in [-0.3, -0.25) is 14.9 Å². The molecule has 0 saturated carbocycles. The molecule has 0 heterocycles. The van der Waals surface area contributed by atoms with Crippen molar-refractivity contribution in [1.82, 2.24) is 5.32 Å². The molecule has 0 atom stereocenters. The standard InChI is InChI=1S/C31H29N3O4S/c1-2-34(24-11-5-3-6-12-24)30(36)27-15-9-10-16-28(27)32-31(39)33-29(35)23-17-19-26(20-18-23)38-22-21-37-25-13-7-4-8-14-25/h3-20H,2,21-22H2,1H3,(H2,32,33,35,39). The fraction of sp³-hybridized carbons (Fsp3) is 0.129. The van der Waals surface area contributed by atoms with E-state index < -0.39 is 0 Å². The Morgan fingerprint density at radius 3 is 1.95 bits per heavy atom. The topological polar surface area (TPSA) is 79.9 Å². The zero-order chi connectivity index (χ0) is 27.5. The third-order valence-corrected chi connectivity index (χ3v) is 5.95. The number of nitrogens with zero attached hydrogens (tertiary/aromatic N) is 1. The molecular formula is C31H29N3O4S. The summed E-state index contributed by atoms with van der Waals surface area (Å²) in [5, 5.41) is 5.75. The minimum absolute atomic E-state index is 0.0846. The third-order valence-electron chi connectivity index (χ3n) is 5.74. The van der Waals surface area contributed by atoms with Gasteiger partial charge in [0.25, 0.3) is 11.8 Å². The largest absolute Gasteiger partial charge is 0.490 e. The average molecular weight is 540 g/mol. The second-order valence-electron chi connectivity index (χ2n) is 8.37. The van der Waals surface area contributed by atoms with Gasteiger partial charge in [-0.15, -0.1) is 0 Å². The summed E-state index contributed by atoms with van der Waals surface area (Å²) in [5.41, 5.74) is 2.16. The molecule has 0 spiro atoms. The van der Waals surface area contributed by atoms with Crippen LogP contribution in [-0.2, 0) is 0 Å². The van der Waals surface area contributed by atoms with Crippen LogP contribution in [0.25, 0.3) is 0 Å². The first-order chi connectivity index (χ1) is 19.0. The summed E-state index contributed by atoms with van der Waals surface area (Å²) < 4.78 is 11.3. The molecule has 0 unspecified atom stereocenters.